The van der Waals surface area contributed by atoms with Gasteiger partial charge in [0.05, 0.1) is 18.3 Å². The zero-order valence-corrected chi connectivity index (χ0v) is 12.7. The Hall–Kier alpha value is -0.720. The fourth-order valence-electron chi connectivity index (χ4n) is 1.57. The summed E-state index contributed by atoms with van der Waals surface area (Å²) in [6, 6.07) is 3.59. The SMILES string of the molecule is CCOC(=O)C(Br)Cc1c(Cl)ccc2nsnc12. The summed E-state index contributed by atoms with van der Waals surface area (Å²) in [6.45, 7) is 2.13. The van der Waals surface area contributed by atoms with Crippen LogP contribution in [0.1, 0.15) is 12.5 Å². The second-order valence-electron chi connectivity index (χ2n) is 3.58. The van der Waals surface area contributed by atoms with Crippen LogP contribution in [-0.4, -0.2) is 26.2 Å². The standard InChI is InChI=1S/C11H10BrClN2O2S/c1-2-17-11(16)7(12)5-6-8(13)3-4-9-10(6)15-18-14-9/h3-4,7H,2,5H2,1H3. The number of nitrogens with zero attached hydrogens (tertiary/aromatic N) is 2. The summed E-state index contributed by atoms with van der Waals surface area (Å²) in [5.41, 5.74) is 2.36. The Morgan fingerprint density at radius 1 is 1.56 bits per heavy atom. The summed E-state index contributed by atoms with van der Waals surface area (Å²) in [4.78, 5) is 11.2. The number of hydrogen-bond acceptors (Lipinski definition) is 5. The van der Waals surface area contributed by atoms with E-state index in [1.54, 1.807) is 13.0 Å². The molecule has 0 bridgehead atoms. The van der Waals surface area contributed by atoms with Crippen LogP contribution in [0.5, 0.6) is 0 Å². The highest BCUT2D eigenvalue weighted by molar-refractivity contribution is 9.10. The summed E-state index contributed by atoms with van der Waals surface area (Å²) >= 11 is 10.6. The van der Waals surface area contributed by atoms with Crippen LogP contribution >= 0.6 is 39.3 Å². The molecular weight excluding hydrogens is 340 g/mol. The lowest BCUT2D eigenvalue weighted by molar-refractivity contribution is -0.142. The minimum absolute atomic E-state index is 0.297. The van der Waals surface area contributed by atoms with E-state index in [9.17, 15) is 4.79 Å². The fourth-order valence-corrected chi connectivity index (χ4v) is 2.82. The van der Waals surface area contributed by atoms with Crippen LogP contribution < -0.4 is 0 Å². The van der Waals surface area contributed by atoms with E-state index in [2.05, 4.69) is 24.7 Å². The third kappa shape index (κ3) is 2.81. The van der Waals surface area contributed by atoms with Crippen LogP contribution in [0.2, 0.25) is 5.02 Å². The van der Waals surface area contributed by atoms with Gasteiger partial charge in [0.1, 0.15) is 15.9 Å². The summed E-state index contributed by atoms with van der Waals surface area (Å²) in [5, 5.41) is 0.587. The Morgan fingerprint density at radius 2 is 2.33 bits per heavy atom. The molecule has 96 valence electrons. The van der Waals surface area contributed by atoms with Crippen molar-refractivity contribution in [3.05, 3.63) is 22.7 Å². The third-order valence-corrected chi connectivity index (χ3v) is 4.00. The Morgan fingerprint density at radius 3 is 3.06 bits per heavy atom. The van der Waals surface area contributed by atoms with Crippen molar-refractivity contribution in [3.8, 4) is 0 Å². The van der Waals surface area contributed by atoms with Gasteiger partial charge in [-0.25, -0.2) is 0 Å². The molecular formula is C11H10BrClN2O2S. The van der Waals surface area contributed by atoms with Gasteiger partial charge >= 0.3 is 5.97 Å². The molecule has 0 fully saturated rings. The quantitative estimate of drug-likeness (QED) is 0.628. The maximum absolute atomic E-state index is 11.6. The van der Waals surface area contributed by atoms with Gasteiger partial charge in [0.25, 0.3) is 0 Å². The molecule has 0 aliphatic heterocycles. The van der Waals surface area contributed by atoms with Gasteiger partial charge < -0.3 is 4.74 Å². The number of halogens is 2. The van der Waals surface area contributed by atoms with Crippen molar-refractivity contribution >= 4 is 56.3 Å². The maximum Gasteiger partial charge on any atom is 0.320 e. The molecule has 1 aromatic heterocycles. The van der Waals surface area contributed by atoms with E-state index in [4.69, 9.17) is 16.3 Å². The van der Waals surface area contributed by atoms with Crippen LogP contribution in [0.25, 0.3) is 11.0 Å². The molecule has 2 aromatic rings. The molecule has 18 heavy (non-hydrogen) atoms. The van der Waals surface area contributed by atoms with Crippen LogP contribution in [0.15, 0.2) is 12.1 Å². The number of esters is 1. The fraction of sp³-hybridized carbons (Fsp3) is 0.364. The first-order valence-corrected chi connectivity index (χ1v) is 7.36. The molecule has 7 heteroatoms. The number of alkyl halides is 1. The van der Waals surface area contributed by atoms with Gasteiger partial charge in [-0.05, 0) is 25.5 Å². The maximum atomic E-state index is 11.6. The first-order chi connectivity index (χ1) is 8.63. The van der Waals surface area contributed by atoms with E-state index in [0.29, 0.717) is 18.1 Å². The Balaban J connectivity index is 2.28. The number of hydrogen-bond donors (Lipinski definition) is 0. The zero-order chi connectivity index (χ0) is 13.1. The van der Waals surface area contributed by atoms with Crippen molar-refractivity contribution in [2.24, 2.45) is 0 Å². The zero-order valence-electron chi connectivity index (χ0n) is 9.52. The molecule has 0 saturated heterocycles. The predicted octanol–water partition coefficient (Wildman–Crippen LogP) is 3.21. The largest absolute Gasteiger partial charge is 0.465 e. The molecule has 1 unspecified atom stereocenters. The average molecular weight is 350 g/mol. The van der Waals surface area contributed by atoms with Crippen molar-refractivity contribution in [2.75, 3.05) is 6.61 Å². The molecule has 0 saturated carbocycles. The number of benzene rings is 1. The Kier molecular flexibility index (Phi) is 4.53. The van der Waals surface area contributed by atoms with Crippen LogP contribution in [0, 0.1) is 0 Å². The molecule has 0 aliphatic rings. The number of fused-ring (bicyclic) bond motifs is 1. The topological polar surface area (TPSA) is 52.1 Å². The van der Waals surface area contributed by atoms with Crippen LogP contribution in [0.4, 0.5) is 0 Å². The normalized spacial score (nSPS) is 12.6. The van der Waals surface area contributed by atoms with Gasteiger partial charge in [0, 0.05) is 10.6 Å². The average Bonchev–Trinajstić information content (AvgIpc) is 2.81. The van der Waals surface area contributed by atoms with Crippen molar-refractivity contribution < 1.29 is 9.53 Å². The lowest BCUT2D eigenvalue weighted by atomic mass is 10.1. The second kappa shape index (κ2) is 5.95. The smallest absolute Gasteiger partial charge is 0.320 e. The lowest BCUT2D eigenvalue weighted by Crippen LogP contribution is -2.20. The summed E-state index contributed by atoms with van der Waals surface area (Å²) in [7, 11) is 0. The van der Waals surface area contributed by atoms with E-state index in [-0.39, 0.29) is 5.97 Å². The van der Waals surface area contributed by atoms with Gasteiger partial charge in [-0.3, -0.25) is 4.79 Å². The van der Waals surface area contributed by atoms with Gasteiger partial charge in [0.2, 0.25) is 0 Å². The molecule has 1 heterocycles. The molecule has 1 aromatic carbocycles. The lowest BCUT2D eigenvalue weighted by Gasteiger charge is -2.10. The Bertz CT molecular complexity index is 575. The number of rotatable bonds is 4. The molecule has 0 N–H and O–H groups in total. The van der Waals surface area contributed by atoms with Gasteiger partial charge in [-0.1, -0.05) is 27.5 Å². The molecule has 4 nitrogen and oxygen atoms in total. The Labute approximate surface area is 122 Å². The van der Waals surface area contributed by atoms with Gasteiger partial charge in [-0.15, -0.1) is 0 Å². The molecule has 1 atom stereocenters. The highest BCUT2D eigenvalue weighted by atomic mass is 79.9. The predicted molar refractivity (Wildman–Crippen MR) is 75.5 cm³/mol. The summed E-state index contributed by atoms with van der Waals surface area (Å²) < 4.78 is 13.3. The number of carbonyl (C=O) groups excluding carboxylic acids is 1. The third-order valence-electron chi connectivity index (χ3n) is 2.40. The minimum atomic E-state index is -0.428. The van der Waals surface area contributed by atoms with Crippen LogP contribution in [-0.2, 0) is 16.0 Å². The molecule has 0 radical (unpaired) electrons. The van der Waals surface area contributed by atoms with Crippen molar-refractivity contribution in [1.82, 2.24) is 8.75 Å². The van der Waals surface area contributed by atoms with E-state index in [0.717, 1.165) is 28.3 Å². The van der Waals surface area contributed by atoms with Gasteiger partial charge in [0.15, 0.2) is 0 Å². The highest BCUT2D eigenvalue weighted by Gasteiger charge is 2.20. The molecule has 2 rings (SSSR count). The van der Waals surface area contributed by atoms with E-state index in [1.165, 1.54) is 0 Å². The first-order valence-electron chi connectivity index (χ1n) is 5.33. The summed E-state index contributed by atoms with van der Waals surface area (Å²) in [5.74, 6) is -0.297. The van der Waals surface area contributed by atoms with Gasteiger partial charge in [-0.2, -0.15) is 8.75 Å². The first kappa shape index (κ1) is 13.7. The molecule has 0 spiro atoms. The molecule has 0 amide bonds. The van der Waals surface area contributed by atoms with Crippen molar-refractivity contribution in [2.45, 2.75) is 18.2 Å². The van der Waals surface area contributed by atoms with Crippen molar-refractivity contribution in [1.29, 1.82) is 0 Å². The van der Waals surface area contributed by atoms with E-state index in [1.807, 2.05) is 6.07 Å². The molecule has 0 aliphatic carbocycles. The second-order valence-corrected chi connectivity index (χ2v) is 5.62. The van der Waals surface area contributed by atoms with Crippen molar-refractivity contribution in [3.63, 3.8) is 0 Å². The van der Waals surface area contributed by atoms with E-state index < -0.39 is 4.83 Å². The number of aromatic nitrogens is 2. The summed E-state index contributed by atoms with van der Waals surface area (Å²) in [6.07, 6.45) is 0.431. The van der Waals surface area contributed by atoms with E-state index >= 15 is 0 Å². The monoisotopic (exact) mass is 348 g/mol. The number of carbonyl (C=O) groups is 1. The van der Waals surface area contributed by atoms with Crippen LogP contribution in [0.3, 0.4) is 0 Å². The minimum Gasteiger partial charge on any atom is -0.465 e. The highest BCUT2D eigenvalue weighted by Crippen LogP contribution is 2.27. The number of ether oxygens (including phenoxy) is 1.